The summed E-state index contributed by atoms with van der Waals surface area (Å²) in [5.74, 6) is 0.670. The summed E-state index contributed by atoms with van der Waals surface area (Å²) in [6, 6.07) is 11.8. The fourth-order valence-electron chi connectivity index (χ4n) is 3.15. The van der Waals surface area contributed by atoms with Gasteiger partial charge in [-0.05, 0) is 46.8 Å². The van der Waals surface area contributed by atoms with E-state index in [4.69, 9.17) is 16.3 Å². The number of aromatic nitrogens is 2. The minimum Gasteiger partial charge on any atom is -0.496 e. The van der Waals surface area contributed by atoms with E-state index in [-0.39, 0.29) is 5.41 Å². The summed E-state index contributed by atoms with van der Waals surface area (Å²) < 4.78 is 7.11. The summed E-state index contributed by atoms with van der Waals surface area (Å²) in [6.45, 7) is 6.13. The fourth-order valence-corrected chi connectivity index (χ4v) is 3.27. The van der Waals surface area contributed by atoms with Crippen molar-refractivity contribution in [3.05, 3.63) is 80.6 Å². The Balaban J connectivity index is 2.32. The van der Waals surface area contributed by atoms with E-state index in [0.29, 0.717) is 17.0 Å². The number of hydrogen-bond donors (Lipinski definition) is 1. The van der Waals surface area contributed by atoms with Crippen molar-refractivity contribution in [2.75, 3.05) is 7.11 Å². The molecule has 3 rings (SSSR count). The van der Waals surface area contributed by atoms with Crippen LogP contribution in [-0.4, -0.2) is 21.9 Å². The number of rotatable bonds is 4. The van der Waals surface area contributed by atoms with Gasteiger partial charge in [-0.25, -0.2) is 4.79 Å². The van der Waals surface area contributed by atoms with Crippen LogP contribution in [0.5, 0.6) is 5.75 Å². The van der Waals surface area contributed by atoms with Gasteiger partial charge in [-0.2, -0.15) is 0 Å². The quantitative estimate of drug-likeness (QED) is 0.659. The zero-order valence-corrected chi connectivity index (χ0v) is 17.3. The summed E-state index contributed by atoms with van der Waals surface area (Å²) in [5.41, 5.74) is 2.14. The first kappa shape index (κ1) is 20.6. The van der Waals surface area contributed by atoms with E-state index in [2.05, 4.69) is 4.98 Å². The highest BCUT2D eigenvalue weighted by molar-refractivity contribution is 6.67. The van der Waals surface area contributed by atoms with Crippen LogP contribution in [0.25, 0.3) is 16.8 Å². The number of carbonyl (C=O) groups excluding carboxylic acids is 1. The lowest BCUT2D eigenvalue weighted by atomic mass is 9.83. The molecule has 1 heterocycles. The molecular weight excluding hydrogens is 392 g/mol. The number of nitrogens with one attached hydrogen (secondary N) is 1. The summed E-state index contributed by atoms with van der Waals surface area (Å²) in [7, 11) is 1.59. The average Bonchev–Trinajstić information content (AvgIpc) is 2.66. The maximum Gasteiger partial charge on any atom is 0.332 e. The van der Waals surface area contributed by atoms with Gasteiger partial charge in [0.2, 0.25) is 0 Å². The first-order valence-corrected chi connectivity index (χ1v) is 9.35. The molecule has 2 aromatic carbocycles. The van der Waals surface area contributed by atoms with E-state index in [1.54, 1.807) is 31.4 Å². The summed E-state index contributed by atoms with van der Waals surface area (Å²) >= 11 is 5.55. The molecule has 0 unspecified atom stereocenters. The molecule has 0 bridgehead atoms. The van der Waals surface area contributed by atoms with Crippen LogP contribution < -0.4 is 16.0 Å². The fraction of sp³-hybridized carbons (Fsp3) is 0.227. The van der Waals surface area contributed by atoms with Crippen LogP contribution in [0.15, 0.2) is 58.3 Å². The number of ether oxygens (including phenoxy) is 1. The van der Waals surface area contributed by atoms with E-state index < -0.39 is 16.5 Å². The van der Waals surface area contributed by atoms with Crippen molar-refractivity contribution >= 4 is 16.8 Å². The highest BCUT2D eigenvalue weighted by Gasteiger charge is 2.24. The molecule has 0 saturated heterocycles. The first-order chi connectivity index (χ1) is 13.6. The maximum absolute atomic E-state index is 12.3. The zero-order valence-electron chi connectivity index (χ0n) is 16.6. The number of aromatic amines is 1. The van der Waals surface area contributed by atoms with Gasteiger partial charge in [-0.3, -0.25) is 19.1 Å². The molecule has 0 amide bonds. The second-order valence-corrected chi connectivity index (χ2v) is 8.00. The summed E-state index contributed by atoms with van der Waals surface area (Å²) in [4.78, 5) is 37.4. The van der Waals surface area contributed by atoms with Gasteiger partial charge in [-0.1, -0.05) is 32.9 Å². The van der Waals surface area contributed by atoms with Crippen LogP contribution in [0.1, 0.15) is 36.7 Å². The third-order valence-corrected chi connectivity index (χ3v) is 4.83. The second kappa shape index (κ2) is 7.72. The van der Waals surface area contributed by atoms with Crippen molar-refractivity contribution < 1.29 is 9.53 Å². The minimum atomic E-state index is -0.535. The van der Waals surface area contributed by atoms with Crippen molar-refractivity contribution in [2.24, 2.45) is 0 Å². The molecule has 1 N–H and O–H groups in total. The van der Waals surface area contributed by atoms with Gasteiger partial charge >= 0.3 is 5.69 Å². The van der Waals surface area contributed by atoms with Crippen molar-refractivity contribution in [2.45, 2.75) is 26.2 Å². The van der Waals surface area contributed by atoms with Crippen LogP contribution in [-0.2, 0) is 5.41 Å². The molecular formula is C22H21ClN2O4. The lowest BCUT2D eigenvalue weighted by Crippen LogP contribution is -2.27. The topological polar surface area (TPSA) is 81.2 Å². The number of halogens is 1. The van der Waals surface area contributed by atoms with Gasteiger partial charge in [-0.15, -0.1) is 0 Å². The molecule has 150 valence electrons. The number of methoxy groups -OCH3 is 1. The number of hydrogen-bond acceptors (Lipinski definition) is 4. The molecule has 0 fully saturated rings. The monoisotopic (exact) mass is 412 g/mol. The Hall–Kier alpha value is -3.12. The molecule has 3 aromatic rings. The first-order valence-electron chi connectivity index (χ1n) is 8.97. The molecule has 7 heteroatoms. The summed E-state index contributed by atoms with van der Waals surface area (Å²) in [6.07, 6.45) is 1.44. The number of carbonyl (C=O) groups is 1. The average molecular weight is 413 g/mol. The molecule has 0 aliphatic carbocycles. The number of nitrogens with zero attached hydrogens (tertiary/aromatic N) is 1. The zero-order chi connectivity index (χ0) is 21.3. The minimum absolute atomic E-state index is 0.284. The Morgan fingerprint density at radius 3 is 2.24 bits per heavy atom. The maximum atomic E-state index is 12.3. The molecule has 6 nitrogen and oxygen atoms in total. The smallest absolute Gasteiger partial charge is 0.332 e. The SMILES string of the molecule is COc1c(-c2ccc(C(=O)Cl)cc2)cc(-n2ccc(=O)[nH]c2=O)cc1C(C)(C)C. The Labute approximate surface area is 172 Å². The third kappa shape index (κ3) is 4.17. The predicted molar refractivity (Wildman–Crippen MR) is 114 cm³/mol. The van der Waals surface area contributed by atoms with E-state index in [9.17, 15) is 14.4 Å². The van der Waals surface area contributed by atoms with Gasteiger partial charge in [0, 0.05) is 29.0 Å². The van der Waals surface area contributed by atoms with Crippen LogP contribution in [0.3, 0.4) is 0 Å². The summed E-state index contributed by atoms with van der Waals surface area (Å²) in [5, 5.41) is -0.535. The number of benzene rings is 2. The van der Waals surface area contributed by atoms with E-state index in [1.165, 1.54) is 16.8 Å². The molecule has 1 aromatic heterocycles. The molecule has 0 atom stereocenters. The number of H-pyrrole nitrogens is 1. The van der Waals surface area contributed by atoms with Crippen molar-refractivity contribution in [1.29, 1.82) is 0 Å². The van der Waals surface area contributed by atoms with Crippen LogP contribution >= 0.6 is 11.6 Å². The third-order valence-electron chi connectivity index (χ3n) is 4.61. The molecule has 29 heavy (non-hydrogen) atoms. The molecule has 0 radical (unpaired) electrons. The standard InChI is InChI=1S/C22H21ClN2O4/c1-22(2,3)17-12-15(25-10-9-18(26)24-21(25)28)11-16(19(17)29-4)13-5-7-14(8-6-13)20(23)27/h5-12H,1-4H3,(H,24,26,28). The van der Waals surface area contributed by atoms with Gasteiger partial charge in [0.1, 0.15) is 5.75 Å². The van der Waals surface area contributed by atoms with Gasteiger partial charge in [0.15, 0.2) is 0 Å². The van der Waals surface area contributed by atoms with Gasteiger partial charge in [0.25, 0.3) is 10.8 Å². The van der Waals surface area contributed by atoms with Gasteiger partial charge < -0.3 is 4.74 Å². The van der Waals surface area contributed by atoms with E-state index in [1.807, 2.05) is 32.9 Å². The van der Waals surface area contributed by atoms with Crippen molar-refractivity contribution in [3.63, 3.8) is 0 Å². The predicted octanol–water partition coefficient (Wildman–Crippen LogP) is 3.88. The Kier molecular flexibility index (Phi) is 5.48. The Morgan fingerprint density at radius 1 is 1.07 bits per heavy atom. The van der Waals surface area contributed by atoms with Crippen molar-refractivity contribution in [3.8, 4) is 22.6 Å². The van der Waals surface area contributed by atoms with Crippen LogP contribution in [0.4, 0.5) is 0 Å². The van der Waals surface area contributed by atoms with E-state index in [0.717, 1.165) is 16.7 Å². The highest BCUT2D eigenvalue weighted by Crippen LogP contribution is 2.41. The highest BCUT2D eigenvalue weighted by atomic mass is 35.5. The molecule has 0 saturated carbocycles. The normalized spacial score (nSPS) is 11.3. The Bertz CT molecular complexity index is 1190. The molecule has 0 spiro atoms. The van der Waals surface area contributed by atoms with E-state index >= 15 is 0 Å². The van der Waals surface area contributed by atoms with Crippen LogP contribution in [0, 0.1) is 0 Å². The van der Waals surface area contributed by atoms with Crippen LogP contribution in [0.2, 0.25) is 0 Å². The van der Waals surface area contributed by atoms with Crippen molar-refractivity contribution in [1.82, 2.24) is 9.55 Å². The molecule has 0 aliphatic rings. The van der Waals surface area contributed by atoms with Gasteiger partial charge in [0.05, 0.1) is 12.8 Å². The second-order valence-electron chi connectivity index (χ2n) is 7.66. The molecule has 0 aliphatic heterocycles. The lowest BCUT2D eigenvalue weighted by Gasteiger charge is -2.25. The largest absolute Gasteiger partial charge is 0.496 e. The Morgan fingerprint density at radius 2 is 1.72 bits per heavy atom. The lowest BCUT2D eigenvalue weighted by molar-refractivity contribution is 0.108.